The maximum Gasteiger partial charge on any atom is 0.279 e. The maximum absolute atomic E-state index is 13.4. The Morgan fingerprint density at radius 2 is 1.85 bits per heavy atom. The van der Waals surface area contributed by atoms with E-state index in [2.05, 4.69) is 15.3 Å². The van der Waals surface area contributed by atoms with E-state index in [4.69, 9.17) is 4.74 Å². The fraction of sp³-hybridized carbons (Fsp3) is 0.269. The van der Waals surface area contributed by atoms with E-state index in [0.29, 0.717) is 23.4 Å². The van der Waals surface area contributed by atoms with Crippen LogP contribution >= 0.6 is 0 Å². The lowest BCUT2D eigenvalue weighted by molar-refractivity contribution is 0.102. The van der Waals surface area contributed by atoms with Gasteiger partial charge in [-0.2, -0.15) is 9.61 Å². The highest BCUT2D eigenvalue weighted by Crippen LogP contribution is 2.22. The average Bonchev–Trinajstić information content (AvgIpc) is 3.30. The third-order valence-electron chi connectivity index (χ3n) is 6.43. The minimum absolute atomic E-state index is 0.170. The van der Waals surface area contributed by atoms with Crippen molar-refractivity contribution in [2.45, 2.75) is 26.4 Å². The normalized spacial score (nSPS) is 13.6. The van der Waals surface area contributed by atoms with Crippen molar-refractivity contribution in [2.24, 2.45) is 7.05 Å². The van der Waals surface area contributed by atoms with Gasteiger partial charge in [0.05, 0.1) is 18.9 Å². The van der Waals surface area contributed by atoms with Crippen LogP contribution in [0.25, 0.3) is 5.65 Å². The summed E-state index contributed by atoms with van der Waals surface area (Å²) < 4.78 is 8.53. The first-order valence-corrected chi connectivity index (χ1v) is 11.3. The lowest BCUT2D eigenvalue weighted by atomic mass is 10.1. The second-order valence-corrected chi connectivity index (χ2v) is 8.71. The summed E-state index contributed by atoms with van der Waals surface area (Å²) in [7, 11) is 3.55. The molecule has 4 aromatic rings. The maximum atomic E-state index is 13.4. The van der Waals surface area contributed by atoms with Crippen molar-refractivity contribution in [2.75, 3.05) is 19.0 Å². The molecule has 0 radical (unpaired) electrons. The second kappa shape index (κ2) is 8.79. The molecule has 174 valence electrons. The third-order valence-corrected chi connectivity index (χ3v) is 6.43. The third kappa shape index (κ3) is 3.97. The Labute approximate surface area is 197 Å². The highest BCUT2D eigenvalue weighted by atomic mass is 16.5. The molecule has 1 aliphatic heterocycles. The summed E-state index contributed by atoms with van der Waals surface area (Å²) in [5.74, 6) is 0.538. The van der Waals surface area contributed by atoms with E-state index >= 15 is 0 Å². The molecule has 0 bridgehead atoms. The molecule has 2 aromatic heterocycles. The summed E-state index contributed by atoms with van der Waals surface area (Å²) in [6.45, 7) is 4.10. The van der Waals surface area contributed by atoms with Gasteiger partial charge in [0.15, 0.2) is 5.65 Å². The molecule has 1 N–H and O–H groups in total. The molecule has 0 spiro atoms. The Kier molecular flexibility index (Phi) is 5.67. The fourth-order valence-electron chi connectivity index (χ4n) is 4.56. The van der Waals surface area contributed by atoms with Crippen LogP contribution in [0.5, 0.6) is 5.75 Å². The molecule has 0 atom stereocenters. The van der Waals surface area contributed by atoms with Crippen LogP contribution in [-0.2, 0) is 26.6 Å². The van der Waals surface area contributed by atoms with E-state index in [-0.39, 0.29) is 11.5 Å². The first-order valence-electron chi connectivity index (χ1n) is 11.3. The van der Waals surface area contributed by atoms with Gasteiger partial charge in [-0.3, -0.25) is 14.5 Å². The van der Waals surface area contributed by atoms with Crippen LogP contribution in [0.15, 0.2) is 59.5 Å². The van der Waals surface area contributed by atoms with Crippen molar-refractivity contribution in [3.8, 4) is 5.75 Å². The van der Waals surface area contributed by atoms with Gasteiger partial charge in [-0.25, -0.2) is 0 Å². The van der Waals surface area contributed by atoms with Crippen molar-refractivity contribution >= 4 is 17.2 Å². The van der Waals surface area contributed by atoms with Gasteiger partial charge >= 0.3 is 0 Å². The SMILES string of the molecule is COc1ccc(CN2CCc3c(c(=O)n4ncc(C(=O)Nc5ccc(C)cc5)c4n3C)C2)cc1. The Bertz CT molecular complexity index is 1420. The Hall–Kier alpha value is -3.91. The largest absolute Gasteiger partial charge is 0.497 e. The van der Waals surface area contributed by atoms with Crippen molar-refractivity contribution in [3.05, 3.63) is 93.0 Å². The minimum atomic E-state index is -0.286. The summed E-state index contributed by atoms with van der Waals surface area (Å²) in [4.78, 5) is 28.6. The zero-order valence-electron chi connectivity index (χ0n) is 19.5. The van der Waals surface area contributed by atoms with E-state index in [9.17, 15) is 9.59 Å². The van der Waals surface area contributed by atoms with E-state index in [0.717, 1.165) is 47.6 Å². The number of nitrogens with zero attached hydrogens (tertiary/aromatic N) is 4. The molecule has 0 saturated heterocycles. The number of fused-ring (bicyclic) bond motifs is 2. The molecule has 2 aromatic carbocycles. The van der Waals surface area contributed by atoms with Crippen molar-refractivity contribution in [1.82, 2.24) is 19.1 Å². The zero-order chi connectivity index (χ0) is 23.8. The smallest absolute Gasteiger partial charge is 0.279 e. The molecule has 8 nitrogen and oxygen atoms in total. The number of carbonyl (C=O) groups is 1. The van der Waals surface area contributed by atoms with Crippen molar-refractivity contribution in [1.29, 1.82) is 0 Å². The molecule has 3 heterocycles. The standard InChI is InChI=1S/C26H27N5O3/c1-17-4-8-19(9-5-17)28-24(32)21-14-27-31-25(21)29(2)23-12-13-30(16-22(23)26(31)33)15-18-6-10-20(34-3)11-7-18/h4-11,14H,12-13,15-16H2,1-3H3,(H,28,32). The number of aryl methyl sites for hydroxylation is 2. The van der Waals surface area contributed by atoms with Crippen molar-refractivity contribution in [3.63, 3.8) is 0 Å². The van der Waals surface area contributed by atoms with E-state index in [1.807, 2.05) is 67.1 Å². The van der Waals surface area contributed by atoms with E-state index < -0.39 is 0 Å². The predicted octanol–water partition coefficient (Wildman–Crippen LogP) is 3.16. The molecule has 1 amide bonds. The van der Waals surface area contributed by atoms with Crippen molar-refractivity contribution < 1.29 is 9.53 Å². The number of anilines is 1. The van der Waals surface area contributed by atoms with E-state index in [1.54, 1.807) is 7.11 Å². The van der Waals surface area contributed by atoms with Crippen LogP contribution in [0.2, 0.25) is 0 Å². The quantitative estimate of drug-likeness (QED) is 0.498. The number of ether oxygens (including phenoxy) is 1. The molecular weight excluding hydrogens is 430 g/mol. The Morgan fingerprint density at radius 1 is 1.12 bits per heavy atom. The zero-order valence-corrected chi connectivity index (χ0v) is 19.5. The molecule has 0 aliphatic carbocycles. The number of nitrogens with one attached hydrogen (secondary N) is 1. The highest BCUT2D eigenvalue weighted by molar-refractivity contribution is 6.08. The number of benzene rings is 2. The number of amides is 1. The molecule has 34 heavy (non-hydrogen) atoms. The molecule has 0 unspecified atom stereocenters. The summed E-state index contributed by atoms with van der Waals surface area (Å²) in [5.41, 5.74) is 5.38. The fourth-order valence-corrected chi connectivity index (χ4v) is 4.56. The van der Waals surface area contributed by atoms with Gasteiger partial charge in [-0.1, -0.05) is 29.8 Å². The molecule has 5 rings (SSSR count). The van der Waals surface area contributed by atoms with Gasteiger partial charge in [0.2, 0.25) is 0 Å². The van der Waals surface area contributed by atoms with Gasteiger partial charge in [0.25, 0.3) is 11.5 Å². The first-order chi connectivity index (χ1) is 16.4. The van der Waals surface area contributed by atoms with Gasteiger partial charge in [-0.15, -0.1) is 0 Å². The first kappa shape index (κ1) is 21.9. The van der Waals surface area contributed by atoms with Crippen LogP contribution < -0.4 is 15.6 Å². The average molecular weight is 458 g/mol. The number of methoxy groups -OCH3 is 1. The Morgan fingerprint density at radius 3 is 2.56 bits per heavy atom. The van der Waals surface area contributed by atoms with Gasteiger partial charge in [0.1, 0.15) is 11.3 Å². The predicted molar refractivity (Wildman–Crippen MR) is 130 cm³/mol. The summed E-state index contributed by atoms with van der Waals surface area (Å²) in [6.07, 6.45) is 2.19. The highest BCUT2D eigenvalue weighted by Gasteiger charge is 2.26. The number of aromatic nitrogens is 3. The van der Waals surface area contributed by atoms with Crippen LogP contribution in [0.3, 0.4) is 0 Å². The van der Waals surface area contributed by atoms with Crippen LogP contribution in [0.4, 0.5) is 5.69 Å². The van der Waals surface area contributed by atoms with Crippen LogP contribution in [-0.4, -0.2) is 38.6 Å². The Balaban J connectivity index is 1.43. The topological polar surface area (TPSA) is 80.9 Å². The molecule has 8 heteroatoms. The van der Waals surface area contributed by atoms with Gasteiger partial charge in [0, 0.05) is 44.5 Å². The number of hydrogen-bond donors (Lipinski definition) is 1. The van der Waals surface area contributed by atoms with Crippen LogP contribution in [0.1, 0.15) is 32.7 Å². The van der Waals surface area contributed by atoms with E-state index in [1.165, 1.54) is 10.7 Å². The number of carbonyl (C=O) groups excluding carboxylic acids is 1. The number of rotatable bonds is 5. The lowest BCUT2D eigenvalue weighted by Gasteiger charge is -2.30. The van der Waals surface area contributed by atoms with Gasteiger partial charge in [-0.05, 0) is 36.8 Å². The van der Waals surface area contributed by atoms with Crippen LogP contribution in [0, 0.1) is 6.92 Å². The monoisotopic (exact) mass is 457 g/mol. The number of hydrogen-bond acceptors (Lipinski definition) is 5. The summed E-state index contributed by atoms with van der Waals surface area (Å²) in [6, 6.07) is 15.6. The molecule has 0 fully saturated rings. The second-order valence-electron chi connectivity index (χ2n) is 8.71. The van der Waals surface area contributed by atoms with Gasteiger partial charge < -0.3 is 14.6 Å². The summed E-state index contributed by atoms with van der Waals surface area (Å²) >= 11 is 0. The lowest BCUT2D eigenvalue weighted by Crippen LogP contribution is -2.38. The minimum Gasteiger partial charge on any atom is -0.497 e. The summed E-state index contributed by atoms with van der Waals surface area (Å²) in [5, 5.41) is 7.19. The molecular formula is C26H27N5O3. The molecule has 1 aliphatic rings. The molecule has 0 saturated carbocycles.